The van der Waals surface area contributed by atoms with E-state index in [1.54, 1.807) is 12.1 Å². The molecule has 1 aliphatic heterocycles. The van der Waals surface area contributed by atoms with Gasteiger partial charge in [-0.3, -0.25) is 4.90 Å². The number of halogens is 1. The van der Waals surface area contributed by atoms with Gasteiger partial charge in [0.25, 0.3) is 0 Å². The van der Waals surface area contributed by atoms with E-state index in [0.29, 0.717) is 24.9 Å². The van der Waals surface area contributed by atoms with Crippen molar-refractivity contribution in [3.05, 3.63) is 30.1 Å². The molecule has 1 heterocycles. The zero-order chi connectivity index (χ0) is 14.2. The number of rotatable bonds is 8. The Morgan fingerprint density at radius 2 is 2.10 bits per heavy atom. The Morgan fingerprint density at radius 1 is 1.30 bits per heavy atom. The highest BCUT2D eigenvalue weighted by atomic mass is 19.1. The lowest BCUT2D eigenvalue weighted by Gasteiger charge is -2.24. The molecular formula is C15H23FN2O2. The lowest BCUT2D eigenvalue weighted by atomic mass is 10.2. The molecule has 1 unspecified atom stereocenters. The lowest BCUT2D eigenvalue weighted by Crippen LogP contribution is -2.40. The van der Waals surface area contributed by atoms with Gasteiger partial charge in [0.15, 0.2) is 0 Å². The van der Waals surface area contributed by atoms with Crippen molar-refractivity contribution >= 4 is 0 Å². The molecule has 5 heteroatoms. The maximum Gasteiger partial charge on any atom is 0.123 e. The van der Waals surface area contributed by atoms with Gasteiger partial charge in [-0.05, 0) is 43.7 Å². The van der Waals surface area contributed by atoms with E-state index in [9.17, 15) is 4.39 Å². The van der Waals surface area contributed by atoms with Gasteiger partial charge in [0.1, 0.15) is 18.2 Å². The Labute approximate surface area is 119 Å². The molecule has 1 aromatic carbocycles. The maximum absolute atomic E-state index is 12.8. The van der Waals surface area contributed by atoms with Crippen molar-refractivity contribution in [1.29, 1.82) is 0 Å². The van der Waals surface area contributed by atoms with Crippen molar-refractivity contribution in [1.82, 2.24) is 10.2 Å². The number of nitrogens with one attached hydrogen (secondary N) is 1. The van der Waals surface area contributed by atoms with Crippen LogP contribution in [0.5, 0.6) is 5.75 Å². The first-order valence-electron chi connectivity index (χ1n) is 7.23. The van der Waals surface area contributed by atoms with Gasteiger partial charge in [0.2, 0.25) is 0 Å². The van der Waals surface area contributed by atoms with Crippen LogP contribution in [0.4, 0.5) is 4.39 Å². The summed E-state index contributed by atoms with van der Waals surface area (Å²) in [6.45, 7) is 4.14. The van der Waals surface area contributed by atoms with Crippen LogP contribution in [0.3, 0.4) is 0 Å². The van der Waals surface area contributed by atoms with Crippen molar-refractivity contribution in [2.24, 2.45) is 0 Å². The standard InChI is InChI=1S/C15H23FN2O2/c16-13-3-5-15(6-4-13)20-11-9-18(8-10-19)12-14-2-1-7-17-14/h3-6,14,17,19H,1-2,7-12H2. The van der Waals surface area contributed by atoms with Crippen LogP contribution in [0.2, 0.25) is 0 Å². The number of hydrogen-bond donors (Lipinski definition) is 2. The summed E-state index contributed by atoms with van der Waals surface area (Å²) in [7, 11) is 0. The Kier molecular flexibility index (Phi) is 6.24. The fraction of sp³-hybridized carbons (Fsp3) is 0.600. The quantitative estimate of drug-likeness (QED) is 0.753. The van der Waals surface area contributed by atoms with Gasteiger partial charge in [0, 0.05) is 25.7 Å². The molecule has 0 spiro atoms. The molecule has 112 valence electrons. The van der Waals surface area contributed by atoms with Gasteiger partial charge in [-0.15, -0.1) is 0 Å². The number of ether oxygens (including phenoxy) is 1. The minimum absolute atomic E-state index is 0.156. The van der Waals surface area contributed by atoms with Crippen LogP contribution < -0.4 is 10.1 Å². The summed E-state index contributed by atoms with van der Waals surface area (Å²) in [5, 5.41) is 12.6. The van der Waals surface area contributed by atoms with Gasteiger partial charge in [-0.2, -0.15) is 0 Å². The molecule has 1 fully saturated rings. The Morgan fingerprint density at radius 3 is 2.75 bits per heavy atom. The first-order valence-corrected chi connectivity index (χ1v) is 7.23. The van der Waals surface area contributed by atoms with E-state index in [0.717, 1.165) is 19.6 Å². The average molecular weight is 282 g/mol. The summed E-state index contributed by atoms with van der Waals surface area (Å²) in [5.74, 6) is 0.418. The van der Waals surface area contributed by atoms with E-state index < -0.39 is 0 Å². The van der Waals surface area contributed by atoms with Crippen LogP contribution in [0.1, 0.15) is 12.8 Å². The largest absolute Gasteiger partial charge is 0.492 e. The molecule has 1 atom stereocenters. The first-order chi connectivity index (χ1) is 9.78. The second-order valence-corrected chi connectivity index (χ2v) is 5.12. The van der Waals surface area contributed by atoms with E-state index in [2.05, 4.69) is 10.2 Å². The van der Waals surface area contributed by atoms with E-state index in [-0.39, 0.29) is 12.4 Å². The highest BCUT2D eigenvalue weighted by molar-refractivity contribution is 5.21. The van der Waals surface area contributed by atoms with Gasteiger partial charge in [-0.25, -0.2) is 4.39 Å². The van der Waals surface area contributed by atoms with Crippen LogP contribution in [0, 0.1) is 5.82 Å². The average Bonchev–Trinajstić information content (AvgIpc) is 2.94. The number of hydrogen-bond acceptors (Lipinski definition) is 4. The summed E-state index contributed by atoms with van der Waals surface area (Å²) in [5.41, 5.74) is 0. The summed E-state index contributed by atoms with van der Waals surface area (Å²) < 4.78 is 18.4. The Balaban J connectivity index is 1.72. The summed E-state index contributed by atoms with van der Waals surface area (Å²) in [6.07, 6.45) is 2.42. The summed E-state index contributed by atoms with van der Waals surface area (Å²) >= 11 is 0. The molecule has 4 nitrogen and oxygen atoms in total. The number of aliphatic hydroxyl groups excluding tert-OH is 1. The van der Waals surface area contributed by atoms with E-state index in [1.807, 2.05) is 0 Å². The van der Waals surface area contributed by atoms with Gasteiger partial charge in [-0.1, -0.05) is 0 Å². The minimum Gasteiger partial charge on any atom is -0.492 e. The van der Waals surface area contributed by atoms with Crippen LogP contribution in [-0.4, -0.2) is 55.4 Å². The molecule has 0 radical (unpaired) electrons. The third kappa shape index (κ3) is 5.07. The zero-order valence-electron chi connectivity index (χ0n) is 11.7. The highest BCUT2D eigenvalue weighted by Crippen LogP contribution is 2.11. The van der Waals surface area contributed by atoms with E-state index in [4.69, 9.17) is 9.84 Å². The Bertz CT molecular complexity index is 380. The number of aliphatic hydroxyl groups is 1. The van der Waals surface area contributed by atoms with Gasteiger partial charge in [0.05, 0.1) is 6.61 Å². The summed E-state index contributed by atoms with van der Waals surface area (Å²) in [6, 6.07) is 6.56. The predicted octanol–water partition coefficient (Wildman–Crippen LogP) is 1.25. The molecule has 1 saturated heterocycles. The molecule has 0 saturated carbocycles. The van der Waals surface area contributed by atoms with Crippen molar-refractivity contribution in [3.63, 3.8) is 0 Å². The van der Waals surface area contributed by atoms with Gasteiger partial charge >= 0.3 is 0 Å². The van der Waals surface area contributed by atoms with Crippen molar-refractivity contribution < 1.29 is 14.2 Å². The fourth-order valence-corrected chi connectivity index (χ4v) is 2.48. The second-order valence-electron chi connectivity index (χ2n) is 5.12. The molecule has 0 amide bonds. The van der Waals surface area contributed by atoms with Crippen molar-refractivity contribution in [3.8, 4) is 5.75 Å². The lowest BCUT2D eigenvalue weighted by molar-refractivity contribution is 0.159. The third-order valence-corrected chi connectivity index (χ3v) is 3.55. The fourth-order valence-electron chi connectivity index (χ4n) is 2.48. The smallest absolute Gasteiger partial charge is 0.123 e. The predicted molar refractivity (Wildman–Crippen MR) is 76.4 cm³/mol. The summed E-state index contributed by atoms with van der Waals surface area (Å²) in [4.78, 5) is 2.20. The van der Waals surface area contributed by atoms with Crippen LogP contribution in [0.25, 0.3) is 0 Å². The maximum atomic E-state index is 12.8. The molecule has 0 aliphatic carbocycles. The molecule has 0 bridgehead atoms. The normalized spacial score (nSPS) is 18.6. The number of nitrogens with zero attached hydrogens (tertiary/aromatic N) is 1. The van der Waals surface area contributed by atoms with Crippen molar-refractivity contribution in [2.45, 2.75) is 18.9 Å². The van der Waals surface area contributed by atoms with Crippen LogP contribution >= 0.6 is 0 Å². The Hall–Kier alpha value is -1.17. The van der Waals surface area contributed by atoms with Gasteiger partial charge < -0.3 is 15.2 Å². The minimum atomic E-state index is -0.258. The molecule has 1 aromatic rings. The van der Waals surface area contributed by atoms with Crippen LogP contribution in [0.15, 0.2) is 24.3 Å². The number of benzene rings is 1. The molecule has 1 aliphatic rings. The second kappa shape index (κ2) is 8.19. The molecule has 0 aromatic heterocycles. The van der Waals surface area contributed by atoms with E-state index in [1.165, 1.54) is 25.0 Å². The molecule has 2 rings (SSSR count). The van der Waals surface area contributed by atoms with Crippen LogP contribution in [-0.2, 0) is 0 Å². The SMILES string of the molecule is OCCN(CCOc1ccc(F)cc1)CC1CCCN1. The zero-order valence-corrected chi connectivity index (χ0v) is 11.7. The monoisotopic (exact) mass is 282 g/mol. The molecule has 2 N–H and O–H groups in total. The molecule has 20 heavy (non-hydrogen) atoms. The third-order valence-electron chi connectivity index (χ3n) is 3.55. The molecular weight excluding hydrogens is 259 g/mol. The first kappa shape index (κ1) is 15.2. The topological polar surface area (TPSA) is 44.7 Å². The highest BCUT2D eigenvalue weighted by Gasteiger charge is 2.17. The van der Waals surface area contributed by atoms with Crippen molar-refractivity contribution in [2.75, 3.05) is 39.4 Å². The van der Waals surface area contributed by atoms with E-state index >= 15 is 0 Å².